The van der Waals surface area contributed by atoms with E-state index >= 15 is 0 Å². The monoisotopic (exact) mass is 282 g/mol. The summed E-state index contributed by atoms with van der Waals surface area (Å²) in [4.78, 5) is 21.4. The summed E-state index contributed by atoms with van der Waals surface area (Å²) in [5.41, 5.74) is 0. The van der Waals surface area contributed by atoms with E-state index in [0.29, 0.717) is 12.8 Å². The van der Waals surface area contributed by atoms with Crippen LogP contribution in [-0.4, -0.2) is 27.4 Å². The van der Waals surface area contributed by atoms with Gasteiger partial charge in [0.2, 0.25) is 0 Å². The second kappa shape index (κ2) is 8.29. The highest BCUT2D eigenvalue weighted by molar-refractivity contribution is 9.10. The van der Waals surface area contributed by atoms with Crippen LogP contribution in [-0.2, 0) is 9.59 Å². The van der Waals surface area contributed by atoms with E-state index in [4.69, 9.17) is 5.11 Å². The number of Topliss-reactive ketones (excluding diaryl/α,β-unsaturated/α-hetero) is 1. The molecule has 0 aromatic heterocycles. The molecule has 0 aliphatic carbocycles. The van der Waals surface area contributed by atoms with E-state index in [2.05, 4.69) is 28.6 Å². The molecule has 0 heterocycles. The number of carbonyl (C=O) groups excluding carboxylic acids is 1. The molecule has 0 radical (unpaired) electrons. The lowest BCUT2D eigenvalue weighted by molar-refractivity contribution is -0.137. The molecule has 1 atom stereocenters. The van der Waals surface area contributed by atoms with Gasteiger partial charge < -0.3 is 5.11 Å². The van der Waals surface area contributed by atoms with Crippen molar-refractivity contribution in [2.45, 2.75) is 36.9 Å². The molecule has 0 rings (SSSR count). The van der Waals surface area contributed by atoms with Crippen molar-refractivity contribution >= 4 is 40.3 Å². The highest BCUT2D eigenvalue weighted by Crippen LogP contribution is 2.13. The molecule has 3 nitrogen and oxygen atoms in total. The van der Waals surface area contributed by atoms with Crippen molar-refractivity contribution in [3.8, 4) is 0 Å². The Hall–Kier alpha value is -0.0300. The van der Waals surface area contributed by atoms with Crippen molar-refractivity contribution in [1.82, 2.24) is 0 Å². The molecule has 0 aromatic rings. The highest BCUT2D eigenvalue weighted by atomic mass is 79.9. The van der Waals surface area contributed by atoms with Crippen LogP contribution in [0.3, 0.4) is 0 Å². The zero-order valence-electron chi connectivity index (χ0n) is 7.91. The number of hydrogen-bond donors (Lipinski definition) is 2. The molecule has 82 valence electrons. The number of carboxylic acid groups (broad SMARTS) is 1. The van der Waals surface area contributed by atoms with Gasteiger partial charge in [0, 0.05) is 12.8 Å². The average molecular weight is 283 g/mol. The third-order valence-electron chi connectivity index (χ3n) is 1.78. The van der Waals surface area contributed by atoms with Crippen LogP contribution in [0.5, 0.6) is 0 Å². The topological polar surface area (TPSA) is 54.4 Å². The third kappa shape index (κ3) is 7.38. The van der Waals surface area contributed by atoms with Gasteiger partial charge in [0.15, 0.2) is 0 Å². The van der Waals surface area contributed by atoms with Gasteiger partial charge in [-0.15, -0.1) is 0 Å². The molecular formula is C9H15BrO3S. The van der Waals surface area contributed by atoms with E-state index in [1.807, 2.05) is 0 Å². The Kier molecular flexibility index (Phi) is 8.27. The van der Waals surface area contributed by atoms with Crippen LogP contribution < -0.4 is 0 Å². The van der Waals surface area contributed by atoms with Crippen LogP contribution in [0, 0.1) is 0 Å². The number of thiol groups is 1. The van der Waals surface area contributed by atoms with Crippen LogP contribution in [0.1, 0.15) is 32.1 Å². The Morgan fingerprint density at radius 3 is 2.43 bits per heavy atom. The standard InChI is InChI=1S/C9H15BrO3S/c10-7(3-2-6-14)8(11)4-1-5-9(12)13/h7,14H,1-6H2,(H,12,13). The molecular weight excluding hydrogens is 268 g/mol. The largest absolute Gasteiger partial charge is 0.481 e. The van der Waals surface area contributed by atoms with Gasteiger partial charge in [0.05, 0.1) is 4.83 Å². The van der Waals surface area contributed by atoms with Crippen molar-refractivity contribution in [1.29, 1.82) is 0 Å². The van der Waals surface area contributed by atoms with E-state index in [1.54, 1.807) is 0 Å². The predicted molar refractivity (Wildman–Crippen MR) is 62.3 cm³/mol. The number of halogens is 1. The van der Waals surface area contributed by atoms with E-state index in [0.717, 1.165) is 18.6 Å². The number of aliphatic carboxylic acids is 1. The van der Waals surface area contributed by atoms with Crippen molar-refractivity contribution in [2.75, 3.05) is 5.75 Å². The van der Waals surface area contributed by atoms with Gasteiger partial charge in [0.1, 0.15) is 5.78 Å². The normalized spacial score (nSPS) is 12.4. The maximum atomic E-state index is 11.4. The first-order valence-corrected chi connectivity index (χ1v) is 6.12. The zero-order valence-corrected chi connectivity index (χ0v) is 10.4. The molecule has 5 heteroatoms. The fourth-order valence-electron chi connectivity index (χ4n) is 1.00. The first-order chi connectivity index (χ1) is 6.57. The Morgan fingerprint density at radius 2 is 1.93 bits per heavy atom. The zero-order chi connectivity index (χ0) is 11.0. The summed E-state index contributed by atoms with van der Waals surface area (Å²) >= 11 is 7.33. The maximum absolute atomic E-state index is 11.4. The van der Waals surface area contributed by atoms with Gasteiger partial charge >= 0.3 is 5.97 Å². The summed E-state index contributed by atoms with van der Waals surface area (Å²) in [6.45, 7) is 0. The summed E-state index contributed by atoms with van der Waals surface area (Å²) in [7, 11) is 0. The number of carboxylic acids is 1. The third-order valence-corrected chi connectivity index (χ3v) is 3.06. The molecule has 0 bridgehead atoms. The SMILES string of the molecule is O=C(O)CCCC(=O)C(Br)CCCS. The van der Waals surface area contributed by atoms with Crippen LogP contribution >= 0.6 is 28.6 Å². The van der Waals surface area contributed by atoms with Crippen LogP contribution in [0.25, 0.3) is 0 Å². The molecule has 0 saturated heterocycles. The quantitative estimate of drug-likeness (QED) is 0.531. The van der Waals surface area contributed by atoms with E-state index < -0.39 is 5.97 Å². The lowest BCUT2D eigenvalue weighted by Gasteiger charge is -2.06. The summed E-state index contributed by atoms with van der Waals surface area (Å²) in [5, 5.41) is 8.37. The highest BCUT2D eigenvalue weighted by Gasteiger charge is 2.13. The molecule has 14 heavy (non-hydrogen) atoms. The minimum absolute atomic E-state index is 0.0675. The maximum Gasteiger partial charge on any atom is 0.303 e. The first-order valence-electron chi connectivity index (χ1n) is 4.57. The summed E-state index contributed by atoms with van der Waals surface area (Å²) in [6, 6.07) is 0. The molecule has 0 aromatic carbocycles. The van der Waals surface area contributed by atoms with Crippen LogP contribution in [0.4, 0.5) is 0 Å². The Labute approximate surface area is 97.8 Å². The van der Waals surface area contributed by atoms with Crippen LogP contribution in [0.2, 0.25) is 0 Å². The summed E-state index contributed by atoms with van der Waals surface area (Å²) in [5.74, 6) is 0.0112. The first kappa shape index (κ1) is 14.0. The number of alkyl halides is 1. The Balaban J connectivity index is 3.56. The second-order valence-electron chi connectivity index (χ2n) is 3.05. The summed E-state index contributed by atoms with van der Waals surface area (Å²) in [6.07, 6.45) is 2.50. The number of ketones is 1. The molecule has 1 unspecified atom stereocenters. The smallest absolute Gasteiger partial charge is 0.303 e. The fraction of sp³-hybridized carbons (Fsp3) is 0.778. The van der Waals surface area contributed by atoms with Crippen molar-refractivity contribution in [3.63, 3.8) is 0 Å². The number of hydrogen-bond acceptors (Lipinski definition) is 3. The minimum atomic E-state index is -0.848. The minimum Gasteiger partial charge on any atom is -0.481 e. The molecule has 0 saturated carbocycles. The molecule has 0 amide bonds. The molecule has 0 fully saturated rings. The van der Waals surface area contributed by atoms with Gasteiger partial charge in [-0.3, -0.25) is 9.59 Å². The van der Waals surface area contributed by atoms with Crippen molar-refractivity contribution in [3.05, 3.63) is 0 Å². The van der Waals surface area contributed by atoms with Gasteiger partial charge in [-0.25, -0.2) is 0 Å². The molecule has 0 aliphatic rings. The molecule has 1 N–H and O–H groups in total. The van der Waals surface area contributed by atoms with Gasteiger partial charge in [0.25, 0.3) is 0 Å². The Bertz CT molecular complexity index is 196. The Morgan fingerprint density at radius 1 is 1.29 bits per heavy atom. The van der Waals surface area contributed by atoms with E-state index in [1.165, 1.54) is 0 Å². The lowest BCUT2D eigenvalue weighted by atomic mass is 10.1. The average Bonchev–Trinajstić information content (AvgIpc) is 2.13. The van der Waals surface area contributed by atoms with Crippen LogP contribution in [0.15, 0.2) is 0 Å². The van der Waals surface area contributed by atoms with Gasteiger partial charge in [-0.1, -0.05) is 15.9 Å². The van der Waals surface area contributed by atoms with Crippen molar-refractivity contribution in [2.24, 2.45) is 0 Å². The molecule has 0 spiro atoms. The predicted octanol–water partition coefficient (Wildman–Crippen LogP) is 2.28. The number of rotatable bonds is 8. The van der Waals surface area contributed by atoms with E-state index in [9.17, 15) is 9.59 Å². The number of carbonyl (C=O) groups is 2. The summed E-state index contributed by atoms with van der Waals surface area (Å²) < 4.78 is 0. The second-order valence-corrected chi connectivity index (χ2v) is 4.60. The lowest BCUT2D eigenvalue weighted by Crippen LogP contribution is -2.14. The van der Waals surface area contributed by atoms with Crippen molar-refractivity contribution < 1.29 is 14.7 Å². The van der Waals surface area contributed by atoms with Gasteiger partial charge in [-0.2, -0.15) is 12.6 Å². The van der Waals surface area contributed by atoms with E-state index in [-0.39, 0.29) is 17.0 Å². The fourth-order valence-corrected chi connectivity index (χ4v) is 1.74. The molecule has 0 aliphatic heterocycles. The van der Waals surface area contributed by atoms with Gasteiger partial charge in [-0.05, 0) is 25.0 Å².